The number of ether oxygens (including phenoxy) is 1. The van der Waals surface area contributed by atoms with Crippen LogP contribution in [0.3, 0.4) is 0 Å². The van der Waals surface area contributed by atoms with Crippen LogP contribution < -0.4 is 5.32 Å². The number of H-pyrrole nitrogens is 1. The van der Waals surface area contributed by atoms with Crippen LogP contribution in [-0.4, -0.2) is 23.5 Å². The molecule has 0 saturated heterocycles. The Hall–Kier alpha value is -3.07. The van der Waals surface area contributed by atoms with Crippen molar-refractivity contribution in [2.75, 3.05) is 6.61 Å². The van der Waals surface area contributed by atoms with Gasteiger partial charge in [-0.05, 0) is 51.0 Å². The number of aromatic nitrogens is 1. The van der Waals surface area contributed by atoms with Crippen LogP contribution in [0.25, 0.3) is 0 Å². The number of nitrogens with zero attached hydrogens (tertiary/aromatic N) is 1. The van der Waals surface area contributed by atoms with Gasteiger partial charge in [0.25, 0.3) is 5.91 Å². The Balaban J connectivity index is 2.19. The fraction of sp³-hybridized carbons (Fsp3) is 0.316. The molecule has 1 aromatic heterocycles. The number of carbonyl (C=O) groups excluding carboxylic acids is 2. The van der Waals surface area contributed by atoms with Gasteiger partial charge < -0.3 is 15.0 Å². The fourth-order valence-electron chi connectivity index (χ4n) is 2.68. The van der Waals surface area contributed by atoms with Crippen LogP contribution in [0.5, 0.6) is 0 Å². The van der Waals surface area contributed by atoms with Gasteiger partial charge in [0.15, 0.2) is 0 Å². The topological polar surface area (TPSA) is 95.0 Å². The average Bonchev–Trinajstić information content (AvgIpc) is 2.89. The standard InChI is InChI=1S/C19H21N3O3/c1-5-25-19(24)16-11(2)17(21-13(16)4)18(23)22-12(3)15-8-6-14(10-20)7-9-15/h6-9,12,21H,5H2,1-4H3,(H,22,23). The fourth-order valence-corrected chi connectivity index (χ4v) is 2.68. The van der Waals surface area contributed by atoms with Gasteiger partial charge in [-0.15, -0.1) is 0 Å². The molecule has 0 aliphatic heterocycles. The molecule has 1 unspecified atom stereocenters. The molecule has 2 N–H and O–H groups in total. The van der Waals surface area contributed by atoms with E-state index in [9.17, 15) is 9.59 Å². The maximum absolute atomic E-state index is 12.6. The number of aromatic amines is 1. The third-order valence-electron chi connectivity index (χ3n) is 4.03. The summed E-state index contributed by atoms with van der Waals surface area (Å²) in [5, 5.41) is 11.7. The lowest BCUT2D eigenvalue weighted by molar-refractivity contribution is 0.0525. The maximum atomic E-state index is 12.6. The predicted molar refractivity (Wildman–Crippen MR) is 93.3 cm³/mol. The predicted octanol–water partition coefficient (Wildman–Crippen LogP) is 3.17. The van der Waals surface area contributed by atoms with Gasteiger partial charge in [-0.3, -0.25) is 4.79 Å². The number of hydrogen-bond donors (Lipinski definition) is 2. The van der Waals surface area contributed by atoms with E-state index in [0.717, 1.165) is 5.56 Å². The summed E-state index contributed by atoms with van der Waals surface area (Å²) in [6.45, 7) is 7.33. The van der Waals surface area contributed by atoms with Crippen molar-refractivity contribution in [1.82, 2.24) is 10.3 Å². The summed E-state index contributed by atoms with van der Waals surface area (Å²) in [5.41, 5.74) is 3.38. The summed E-state index contributed by atoms with van der Waals surface area (Å²) in [6, 6.07) is 8.85. The first-order chi connectivity index (χ1) is 11.9. The van der Waals surface area contributed by atoms with Gasteiger partial charge in [-0.1, -0.05) is 12.1 Å². The summed E-state index contributed by atoms with van der Waals surface area (Å²) in [4.78, 5) is 27.6. The molecular formula is C19H21N3O3. The van der Waals surface area contributed by atoms with E-state index in [0.29, 0.717) is 28.1 Å². The van der Waals surface area contributed by atoms with Crippen molar-refractivity contribution in [3.8, 4) is 6.07 Å². The first-order valence-corrected chi connectivity index (χ1v) is 8.06. The highest BCUT2D eigenvalue weighted by Gasteiger charge is 2.23. The van der Waals surface area contributed by atoms with E-state index < -0.39 is 5.97 Å². The van der Waals surface area contributed by atoms with E-state index >= 15 is 0 Å². The maximum Gasteiger partial charge on any atom is 0.340 e. The quantitative estimate of drug-likeness (QED) is 0.818. The molecule has 6 nitrogen and oxygen atoms in total. The zero-order valence-electron chi connectivity index (χ0n) is 14.8. The molecule has 1 heterocycles. The molecule has 1 aromatic carbocycles. The summed E-state index contributed by atoms with van der Waals surface area (Å²) >= 11 is 0. The third kappa shape index (κ3) is 3.89. The Bertz CT molecular complexity index is 829. The summed E-state index contributed by atoms with van der Waals surface area (Å²) in [7, 11) is 0. The Labute approximate surface area is 146 Å². The number of nitrogens with one attached hydrogen (secondary N) is 2. The Morgan fingerprint density at radius 2 is 1.92 bits per heavy atom. The van der Waals surface area contributed by atoms with Gasteiger partial charge in [0, 0.05) is 5.69 Å². The van der Waals surface area contributed by atoms with Crippen LogP contribution in [0.2, 0.25) is 0 Å². The minimum atomic E-state index is -0.437. The van der Waals surface area contributed by atoms with Crippen molar-refractivity contribution in [2.24, 2.45) is 0 Å². The molecule has 0 aliphatic carbocycles. The van der Waals surface area contributed by atoms with E-state index in [1.54, 1.807) is 45.0 Å². The first-order valence-electron chi connectivity index (χ1n) is 8.06. The molecule has 1 amide bonds. The van der Waals surface area contributed by atoms with Crippen molar-refractivity contribution in [1.29, 1.82) is 5.26 Å². The number of amides is 1. The van der Waals surface area contributed by atoms with Crippen molar-refractivity contribution in [2.45, 2.75) is 33.7 Å². The van der Waals surface area contributed by atoms with Crippen LogP contribution in [0, 0.1) is 25.2 Å². The van der Waals surface area contributed by atoms with Crippen molar-refractivity contribution in [3.05, 3.63) is 57.9 Å². The summed E-state index contributed by atoms with van der Waals surface area (Å²) in [5.74, 6) is -0.735. The second-order valence-electron chi connectivity index (χ2n) is 5.77. The zero-order chi connectivity index (χ0) is 18.6. The van der Waals surface area contributed by atoms with Crippen molar-refractivity contribution >= 4 is 11.9 Å². The third-order valence-corrected chi connectivity index (χ3v) is 4.03. The Kier molecular flexibility index (Phi) is 5.60. The molecule has 2 rings (SSSR count). The average molecular weight is 339 g/mol. The molecule has 130 valence electrons. The van der Waals surface area contributed by atoms with Gasteiger partial charge in [-0.25, -0.2) is 4.79 Å². The van der Waals surface area contributed by atoms with E-state index in [1.165, 1.54) is 0 Å². The molecule has 0 bridgehead atoms. The lowest BCUT2D eigenvalue weighted by Crippen LogP contribution is -2.27. The molecule has 0 saturated carbocycles. The number of esters is 1. The lowest BCUT2D eigenvalue weighted by Gasteiger charge is -2.14. The molecule has 25 heavy (non-hydrogen) atoms. The molecule has 0 aliphatic rings. The van der Waals surface area contributed by atoms with Gasteiger partial charge >= 0.3 is 5.97 Å². The van der Waals surface area contributed by atoms with Gasteiger partial charge in [0.1, 0.15) is 5.69 Å². The number of nitriles is 1. The number of hydrogen-bond acceptors (Lipinski definition) is 4. The Morgan fingerprint density at radius 3 is 2.48 bits per heavy atom. The van der Waals surface area contributed by atoms with E-state index in [2.05, 4.69) is 16.4 Å². The van der Waals surface area contributed by atoms with Gasteiger partial charge in [-0.2, -0.15) is 5.26 Å². The van der Waals surface area contributed by atoms with Crippen LogP contribution >= 0.6 is 0 Å². The van der Waals surface area contributed by atoms with Crippen LogP contribution in [0.15, 0.2) is 24.3 Å². The number of rotatable bonds is 5. The van der Waals surface area contributed by atoms with Crippen LogP contribution in [-0.2, 0) is 4.74 Å². The highest BCUT2D eigenvalue weighted by Crippen LogP contribution is 2.20. The van der Waals surface area contributed by atoms with Crippen molar-refractivity contribution < 1.29 is 14.3 Å². The molecule has 2 aromatic rings. The van der Waals surface area contributed by atoms with Gasteiger partial charge in [0.2, 0.25) is 0 Å². The lowest BCUT2D eigenvalue weighted by atomic mass is 10.1. The van der Waals surface area contributed by atoms with Gasteiger partial charge in [0.05, 0.1) is 29.8 Å². The number of benzene rings is 1. The first kappa shape index (κ1) is 18.3. The summed E-state index contributed by atoms with van der Waals surface area (Å²) < 4.78 is 5.04. The van der Waals surface area contributed by atoms with E-state index in [-0.39, 0.29) is 18.6 Å². The monoisotopic (exact) mass is 339 g/mol. The van der Waals surface area contributed by atoms with Crippen molar-refractivity contribution in [3.63, 3.8) is 0 Å². The van der Waals surface area contributed by atoms with E-state index in [1.807, 2.05) is 6.92 Å². The van der Waals surface area contributed by atoms with E-state index in [4.69, 9.17) is 10.00 Å². The smallest absolute Gasteiger partial charge is 0.340 e. The zero-order valence-corrected chi connectivity index (χ0v) is 14.8. The normalized spacial score (nSPS) is 11.5. The number of aryl methyl sites for hydroxylation is 1. The van der Waals surface area contributed by atoms with Crippen LogP contribution in [0.4, 0.5) is 0 Å². The summed E-state index contributed by atoms with van der Waals surface area (Å²) in [6.07, 6.45) is 0. The molecule has 0 radical (unpaired) electrons. The van der Waals surface area contributed by atoms with Crippen LogP contribution in [0.1, 0.15) is 63.1 Å². The molecule has 6 heteroatoms. The number of carbonyl (C=O) groups is 2. The molecule has 1 atom stereocenters. The molecular weight excluding hydrogens is 318 g/mol. The second-order valence-corrected chi connectivity index (χ2v) is 5.77. The SMILES string of the molecule is CCOC(=O)c1c(C)[nH]c(C(=O)NC(C)c2ccc(C#N)cc2)c1C. The minimum absolute atomic E-state index is 0.241. The molecule has 0 spiro atoms. The highest BCUT2D eigenvalue weighted by atomic mass is 16.5. The largest absolute Gasteiger partial charge is 0.462 e. The molecule has 0 fully saturated rings. The highest BCUT2D eigenvalue weighted by molar-refractivity contribution is 6.00. The minimum Gasteiger partial charge on any atom is -0.462 e. The Morgan fingerprint density at radius 1 is 1.28 bits per heavy atom. The second kappa shape index (κ2) is 7.67.